The van der Waals surface area contributed by atoms with Crippen LogP contribution >= 0.6 is 0 Å². The molecule has 0 radical (unpaired) electrons. The van der Waals surface area contributed by atoms with E-state index in [9.17, 15) is 0 Å². The van der Waals surface area contributed by atoms with E-state index in [-0.39, 0.29) is 0 Å². The van der Waals surface area contributed by atoms with Crippen LogP contribution < -0.4 is 5.32 Å². The van der Waals surface area contributed by atoms with Crippen molar-refractivity contribution in [2.45, 2.75) is 79.2 Å². The maximum Gasteiger partial charge on any atom is 0.00977 e. The number of hydrogen-bond acceptors (Lipinski definition) is 1. The molecule has 0 fully saturated rings. The lowest BCUT2D eigenvalue weighted by Crippen LogP contribution is -2.37. The molecule has 1 N–H and O–H groups in total. The fourth-order valence-electron chi connectivity index (χ4n) is 2.59. The second-order valence-corrected chi connectivity index (χ2v) is 5.25. The SMILES string of the molecule is CCCC(CCC)C(CC(C)CC)NCC. The Balaban J connectivity index is 4.30. The highest BCUT2D eigenvalue weighted by atomic mass is 14.9. The molecular formula is C15H33N. The molecule has 2 atom stereocenters. The van der Waals surface area contributed by atoms with Crippen LogP contribution in [0.25, 0.3) is 0 Å². The third-order valence-electron chi connectivity index (χ3n) is 3.71. The lowest BCUT2D eigenvalue weighted by atomic mass is 9.84. The summed E-state index contributed by atoms with van der Waals surface area (Å²) in [4.78, 5) is 0. The zero-order valence-electron chi connectivity index (χ0n) is 12.2. The molecule has 0 amide bonds. The van der Waals surface area contributed by atoms with Gasteiger partial charge in [0.1, 0.15) is 0 Å². The lowest BCUT2D eigenvalue weighted by Gasteiger charge is -2.29. The molecule has 2 unspecified atom stereocenters. The molecule has 0 saturated carbocycles. The molecule has 0 aromatic rings. The minimum atomic E-state index is 0.750. The van der Waals surface area contributed by atoms with Gasteiger partial charge in [0.25, 0.3) is 0 Å². The average Bonchev–Trinajstić information content (AvgIpc) is 2.28. The van der Waals surface area contributed by atoms with Crippen molar-refractivity contribution in [3.05, 3.63) is 0 Å². The largest absolute Gasteiger partial charge is 0.314 e. The topological polar surface area (TPSA) is 12.0 Å². The second kappa shape index (κ2) is 10.1. The first-order valence-corrected chi connectivity index (χ1v) is 7.42. The van der Waals surface area contributed by atoms with Gasteiger partial charge in [-0.05, 0) is 37.6 Å². The molecule has 0 rings (SSSR count). The number of hydrogen-bond donors (Lipinski definition) is 1. The van der Waals surface area contributed by atoms with Crippen molar-refractivity contribution in [1.29, 1.82) is 0 Å². The van der Waals surface area contributed by atoms with Crippen LogP contribution in [0.3, 0.4) is 0 Å². The second-order valence-electron chi connectivity index (χ2n) is 5.25. The van der Waals surface area contributed by atoms with E-state index in [1.807, 2.05) is 0 Å². The molecule has 0 spiro atoms. The Kier molecular flexibility index (Phi) is 10.1. The van der Waals surface area contributed by atoms with Crippen molar-refractivity contribution in [2.75, 3.05) is 6.54 Å². The Morgan fingerprint density at radius 3 is 1.88 bits per heavy atom. The van der Waals surface area contributed by atoms with Gasteiger partial charge in [0.05, 0.1) is 0 Å². The molecule has 0 heterocycles. The van der Waals surface area contributed by atoms with Gasteiger partial charge in [0.15, 0.2) is 0 Å². The van der Waals surface area contributed by atoms with E-state index in [0.717, 1.165) is 24.4 Å². The van der Waals surface area contributed by atoms with Crippen molar-refractivity contribution >= 4 is 0 Å². The predicted octanol–water partition coefficient (Wildman–Crippen LogP) is 4.62. The first kappa shape index (κ1) is 16.0. The molecule has 0 bridgehead atoms. The van der Waals surface area contributed by atoms with Crippen molar-refractivity contribution < 1.29 is 0 Å². The van der Waals surface area contributed by atoms with E-state index in [4.69, 9.17) is 0 Å². The Hall–Kier alpha value is -0.0400. The molecule has 1 nitrogen and oxygen atoms in total. The van der Waals surface area contributed by atoms with Gasteiger partial charge in [0, 0.05) is 6.04 Å². The lowest BCUT2D eigenvalue weighted by molar-refractivity contribution is 0.269. The van der Waals surface area contributed by atoms with Crippen LogP contribution in [0.4, 0.5) is 0 Å². The third kappa shape index (κ3) is 6.52. The van der Waals surface area contributed by atoms with Gasteiger partial charge in [-0.3, -0.25) is 0 Å². The highest BCUT2D eigenvalue weighted by Gasteiger charge is 2.20. The van der Waals surface area contributed by atoms with Crippen LogP contribution in [0.5, 0.6) is 0 Å². The van der Waals surface area contributed by atoms with Crippen molar-refractivity contribution in [3.63, 3.8) is 0 Å². The molecule has 98 valence electrons. The zero-order chi connectivity index (χ0) is 12.4. The summed E-state index contributed by atoms with van der Waals surface area (Å²) >= 11 is 0. The summed E-state index contributed by atoms with van der Waals surface area (Å²) in [6, 6.07) is 0.750. The highest BCUT2D eigenvalue weighted by Crippen LogP contribution is 2.23. The molecule has 0 aromatic heterocycles. The van der Waals surface area contributed by atoms with Crippen molar-refractivity contribution in [2.24, 2.45) is 11.8 Å². The molecule has 16 heavy (non-hydrogen) atoms. The van der Waals surface area contributed by atoms with E-state index in [1.165, 1.54) is 38.5 Å². The van der Waals surface area contributed by atoms with Gasteiger partial charge in [-0.2, -0.15) is 0 Å². The fraction of sp³-hybridized carbons (Fsp3) is 1.00. The summed E-state index contributed by atoms with van der Waals surface area (Å²) in [6.07, 6.45) is 8.10. The molecule has 0 aliphatic rings. The summed E-state index contributed by atoms with van der Waals surface area (Å²) in [6.45, 7) is 12.7. The maximum absolute atomic E-state index is 3.72. The van der Waals surface area contributed by atoms with Gasteiger partial charge >= 0.3 is 0 Å². The molecule has 0 aliphatic carbocycles. The Morgan fingerprint density at radius 1 is 0.938 bits per heavy atom. The summed E-state index contributed by atoms with van der Waals surface area (Å²) in [5.41, 5.74) is 0. The molecule has 0 saturated heterocycles. The van der Waals surface area contributed by atoms with Gasteiger partial charge in [-0.1, -0.05) is 53.9 Å². The van der Waals surface area contributed by atoms with Gasteiger partial charge in [-0.25, -0.2) is 0 Å². The third-order valence-corrected chi connectivity index (χ3v) is 3.71. The smallest absolute Gasteiger partial charge is 0.00977 e. The van der Waals surface area contributed by atoms with Gasteiger partial charge < -0.3 is 5.32 Å². The summed E-state index contributed by atoms with van der Waals surface area (Å²) < 4.78 is 0. The fourth-order valence-corrected chi connectivity index (χ4v) is 2.59. The van der Waals surface area contributed by atoms with Crippen LogP contribution in [-0.4, -0.2) is 12.6 Å². The van der Waals surface area contributed by atoms with E-state index < -0.39 is 0 Å². The zero-order valence-corrected chi connectivity index (χ0v) is 12.2. The predicted molar refractivity (Wildman–Crippen MR) is 74.8 cm³/mol. The molecule has 1 heteroatoms. The van der Waals surface area contributed by atoms with Gasteiger partial charge in [0.2, 0.25) is 0 Å². The Labute approximate surface area is 103 Å². The minimum absolute atomic E-state index is 0.750. The highest BCUT2D eigenvalue weighted by molar-refractivity contribution is 4.77. The summed E-state index contributed by atoms with van der Waals surface area (Å²) in [5, 5.41) is 3.72. The minimum Gasteiger partial charge on any atom is -0.314 e. The standard InChI is InChI=1S/C15H33N/c1-6-10-14(11-7-2)15(16-9-4)12-13(5)8-3/h13-16H,6-12H2,1-5H3. The van der Waals surface area contributed by atoms with E-state index in [2.05, 4.69) is 39.9 Å². The monoisotopic (exact) mass is 227 g/mol. The molecular weight excluding hydrogens is 194 g/mol. The summed E-state index contributed by atoms with van der Waals surface area (Å²) in [7, 11) is 0. The van der Waals surface area contributed by atoms with E-state index >= 15 is 0 Å². The number of nitrogens with one attached hydrogen (secondary N) is 1. The number of rotatable bonds is 10. The van der Waals surface area contributed by atoms with Crippen LogP contribution in [-0.2, 0) is 0 Å². The maximum atomic E-state index is 3.72. The van der Waals surface area contributed by atoms with E-state index in [1.54, 1.807) is 0 Å². The normalized spacial score (nSPS) is 15.4. The Morgan fingerprint density at radius 2 is 1.50 bits per heavy atom. The molecule has 0 aliphatic heterocycles. The van der Waals surface area contributed by atoms with Crippen LogP contribution in [0, 0.1) is 11.8 Å². The molecule has 0 aromatic carbocycles. The van der Waals surface area contributed by atoms with Crippen LogP contribution in [0.15, 0.2) is 0 Å². The van der Waals surface area contributed by atoms with E-state index in [0.29, 0.717) is 0 Å². The first-order chi connectivity index (χ1) is 7.69. The first-order valence-electron chi connectivity index (χ1n) is 7.42. The van der Waals surface area contributed by atoms with Crippen molar-refractivity contribution in [3.8, 4) is 0 Å². The Bertz CT molecular complexity index is 138. The van der Waals surface area contributed by atoms with Crippen LogP contribution in [0.1, 0.15) is 73.1 Å². The average molecular weight is 227 g/mol. The quantitative estimate of drug-likeness (QED) is 0.574. The van der Waals surface area contributed by atoms with Crippen molar-refractivity contribution in [1.82, 2.24) is 5.32 Å². The summed E-state index contributed by atoms with van der Waals surface area (Å²) in [5.74, 6) is 1.75. The van der Waals surface area contributed by atoms with Gasteiger partial charge in [-0.15, -0.1) is 0 Å². The van der Waals surface area contributed by atoms with Crippen LogP contribution in [0.2, 0.25) is 0 Å².